The molecule has 2 aromatic rings. The highest BCUT2D eigenvalue weighted by Crippen LogP contribution is 2.24. The van der Waals surface area contributed by atoms with E-state index in [0.717, 1.165) is 11.4 Å². The van der Waals surface area contributed by atoms with Gasteiger partial charge in [0.05, 0.1) is 18.3 Å². The second-order valence-corrected chi connectivity index (χ2v) is 6.92. The number of carbonyl (C=O) groups excluding carboxylic acids is 1. The Morgan fingerprint density at radius 1 is 1.37 bits per heavy atom. The molecule has 2 aromatic heterocycles. The highest BCUT2D eigenvalue weighted by Gasteiger charge is 2.20. The van der Waals surface area contributed by atoms with E-state index in [1.165, 1.54) is 11.3 Å². The molecule has 0 aliphatic heterocycles. The van der Waals surface area contributed by atoms with Crippen molar-refractivity contribution in [2.45, 2.75) is 46.6 Å². The van der Waals surface area contributed by atoms with Crippen LogP contribution in [0.4, 0.5) is 0 Å². The van der Waals surface area contributed by atoms with Crippen LogP contribution >= 0.6 is 11.3 Å². The third-order valence-electron chi connectivity index (χ3n) is 3.65. The monoisotopic (exact) mass is 394 g/mol. The lowest BCUT2D eigenvalue weighted by atomic mass is 10.3. The Balaban J connectivity index is 1.84. The van der Waals surface area contributed by atoms with Crippen LogP contribution in [0, 0.1) is 13.8 Å². The van der Waals surface area contributed by atoms with Crippen LogP contribution in [0.15, 0.2) is 9.52 Å². The first-order valence-electron chi connectivity index (χ1n) is 8.85. The maximum atomic E-state index is 11.9. The van der Waals surface area contributed by atoms with Crippen LogP contribution in [0.3, 0.4) is 0 Å². The first-order chi connectivity index (χ1) is 12.9. The van der Waals surface area contributed by atoms with Gasteiger partial charge in [0, 0.05) is 20.0 Å². The summed E-state index contributed by atoms with van der Waals surface area (Å²) in [6.45, 7) is 8.42. The van der Waals surface area contributed by atoms with Gasteiger partial charge in [-0.1, -0.05) is 5.16 Å². The minimum absolute atomic E-state index is 0.0957. The van der Waals surface area contributed by atoms with Gasteiger partial charge in [-0.15, -0.1) is 11.3 Å². The molecule has 10 heteroatoms. The van der Waals surface area contributed by atoms with Gasteiger partial charge in [0.25, 0.3) is 0 Å². The number of hydrogen-bond donors (Lipinski definition) is 2. The van der Waals surface area contributed by atoms with Crippen LogP contribution in [0.2, 0.25) is 0 Å². The van der Waals surface area contributed by atoms with Gasteiger partial charge in [0.1, 0.15) is 9.88 Å². The Bertz CT molecular complexity index is 785. The van der Waals surface area contributed by atoms with E-state index in [2.05, 4.69) is 30.8 Å². The van der Waals surface area contributed by atoms with Gasteiger partial charge in [0.2, 0.25) is 5.89 Å². The fourth-order valence-corrected chi connectivity index (χ4v) is 3.30. The van der Waals surface area contributed by atoms with E-state index in [1.807, 2.05) is 13.8 Å². The number of hydrogen-bond acceptors (Lipinski definition) is 8. The number of aryl methyl sites for hydroxylation is 3. The minimum atomic E-state index is -0.329. The van der Waals surface area contributed by atoms with Crippen molar-refractivity contribution in [3.8, 4) is 0 Å². The van der Waals surface area contributed by atoms with Crippen molar-refractivity contribution in [1.29, 1.82) is 0 Å². The highest BCUT2D eigenvalue weighted by atomic mass is 32.1. The van der Waals surface area contributed by atoms with Gasteiger partial charge in [0.15, 0.2) is 11.8 Å². The summed E-state index contributed by atoms with van der Waals surface area (Å²) in [5.74, 6) is 1.61. The molecule has 0 fully saturated rings. The predicted octanol–water partition coefficient (Wildman–Crippen LogP) is 2.18. The molecule has 0 amide bonds. The molecule has 27 heavy (non-hydrogen) atoms. The smallest absolute Gasteiger partial charge is 0.350 e. The topological polar surface area (TPSA) is 115 Å². The summed E-state index contributed by atoms with van der Waals surface area (Å²) in [4.78, 5) is 25.4. The summed E-state index contributed by atoms with van der Waals surface area (Å²) in [7, 11) is 1.71. The summed E-state index contributed by atoms with van der Waals surface area (Å²) >= 11 is 1.34. The standard InChI is InChI=1S/C17H26N6O3S/c1-6-25-16(24)14-10(2)20-15(27-14)11(3)21-17(18-5)19-9-7-8-13-22-12(4)23-26-13/h11H,6-9H2,1-5H3,(H2,18,19,21). The Morgan fingerprint density at radius 3 is 2.78 bits per heavy atom. The van der Waals surface area contributed by atoms with Crippen molar-refractivity contribution in [3.05, 3.63) is 27.3 Å². The number of thiazole rings is 1. The maximum Gasteiger partial charge on any atom is 0.350 e. The number of ether oxygens (including phenoxy) is 1. The molecule has 0 radical (unpaired) electrons. The van der Waals surface area contributed by atoms with E-state index < -0.39 is 0 Å². The molecule has 0 aliphatic rings. The molecule has 1 atom stereocenters. The molecule has 148 valence electrons. The number of esters is 1. The van der Waals surface area contributed by atoms with E-state index in [0.29, 0.717) is 47.8 Å². The zero-order chi connectivity index (χ0) is 19.8. The molecule has 0 saturated heterocycles. The minimum Gasteiger partial charge on any atom is -0.462 e. The van der Waals surface area contributed by atoms with Gasteiger partial charge < -0.3 is 19.9 Å². The lowest BCUT2D eigenvalue weighted by Gasteiger charge is -2.16. The number of nitrogens with one attached hydrogen (secondary N) is 2. The van der Waals surface area contributed by atoms with E-state index in [-0.39, 0.29) is 12.0 Å². The average molecular weight is 395 g/mol. The second-order valence-electron chi connectivity index (χ2n) is 5.89. The maximum absolute atomic E-state index is 11.9. The molecule has 0 aromatic carbocycles. The third-order valence-corrected chi connectivity index (χ3v) is 4.97. The number of carbonyl (C=O) groups is 1. The number of guanidine groups is 1. The second kappa shape index (κ2) is 10.0. The van der Waals surface area contributed by atoms with Crippen molar-refractivity contribution in [2.24, 2.45) is 4.99 Å². The third kappa shape index (κ3) is 6.02. The molecule has 0 saturated carbocycles. The van der Waals surface area contributed by atoms with Crippen molar-refractivity contribution >= 4 is 23.3 Å². The average Bonchev–Trinajstić information content (AvgIpc) is 3.23. The molecular weight excluding hydrogens is 368 g/mol. The molecule has 1 unspecified atom stereocenters. The van der Waals surface area contributed by atoms with Gasteiger partial charge in [-0.25, -0.2) is 9.78 Å². The molecule has 0 spiro atoms. The van der Waals surface area contributed by atoms with Crippen LogP contribution < -0.4 is 10.6 Å². The number of aliphatic imine (C=N–C) groups is 1. The summed E-state index contributed by atoms with van der Waals surface area (Å²) in [5, 5.41) is 11.1. The zero-order valence-corrected chi connectivity index (χ0v) is 17.1. The Morgan fingerprint density at radius 2 is 2.15 bits per heavy atom. The summed E-state index contributed by atoms with van der Waals surface area (Å²) in [6.07, 6.45) is 1.54. The van der Waals surface area contributed by atoms with E-state index in [9.17, 15) is 4.79 Å². The largest absolute Gasteiger partial charge is 0.462 e. The molecule has 2 N–H and O–H groups in total. The van der Waals surface area contributed by atoms with E-state index in [1.54, 1.807) is 20.9 Å². The van der Waals surface area contributed by atoms with Gasteiger partial charge >= 0.3 is 5.97 Å². The molecule has 9 nitrogen and oxygen atoms in total. The molecule has 0 bridgehead atoms. The Labute approximate surface area is 162 Å². The summed E-state index contributed by atoms with van der Waals surface area (Å²) in [6, 6.07) is -0.0957. The SMILES string of the molecule is CCOC(=O)c1sc(C(C)NC(=NC)NCCCc2nc(C)no2)nc1C. The Kier molecular flexibility index (Phi) is 7.71. The normalized spacial score (nSPS) is 12.7. The van der Waals surface area contributed by atoms with Crippen molar-refractivity contribution < 1.29 is 14.1 Å². The van der Waals surface area contributed by atoms with Crippen LogP contribution in [0.1, 0.15) is 58.4 Å². The molecule has 2 rings (SSSR count). The van der Waals surface area contributed by atoms with Gasteiger partial charge in [-0.3, -0.25) is 4.99 Å². The summed E-state index contributed by atoms with van der Waals surface area (Å²) in [5.41, 5.74) is 0.680. The van der Waals surface area contributed by atoms with E-state index in [4.69, 9.17) is 9.26 Å². The molecule has 0 aliphatic carbocycles. The van der Waals surface area contributed by atoms with Gasteiger partial charge in [-0.05, 0) is 34.1 Å². The first kappa shape index (κ1) is 20.8. The van der Waals surface area contributed by atoms with Crippen LogP contribution in [-0.2, 0) is 11.2 Å². The van der Waals surface area contributed by atoms with Crippen LogP contribution in [-0.4, -0.2) is 47.3 Å². The fraction of sp³-hybridized carbons (Fsp3) is 0.588. The van der Waals surface area contributed by atoms with Gasteiger partial charge in [-0.2, -0.15) is 4.98 Å². The zero-order valence-electron chi connectivity index (χ0n) is 16.3. The lowest BCUT2D eigenvalue weighted by molar-refractivity contribution is 0.0531. The van der Waals surface area contributed by atoms with Crippen molar-refractivity contribution in [1.82, 2.24) is 25.8 Å². The van der Waals surface area contributed by atoms with Crippen LogP contribution in [0.25, 0.3) is 0 Å². The fourth-order valence-electron chi connectivity index (χ4n) is 2.34. The predicted molar refractivity (Wildman–Crippen MR) is 103 cm³/mol. The summed E-state index contributed by atoms with van der Waals surface area (Å²) < 4.78 is 10.2. The van der Waals surface area contributed by atoms with Crippen molar-refractivity contribution in [2.75, 3.05) is 20.2 Å². The highest BCUT2D eigenvalue weighted by molar-refractivity contribution is 7.13. The quantitative estimate of drug-likeness (QED) is 0.303. The first-order valence-corrected chi connectivity index (χ1v) is 9.67. The molecular formula is C17H26N6O3S. The van der Waals surface area contributed by atoms with Crippen molar-refractivity contribution in [3.63, 3.8) is 0 Å². The number of nitrogens with zero attached hydrogens (tertiary/aromatic N) is 4. The number of aromatic nitrogens is 3. The number of rotatable bonds is 8. The van der Waals surface area contributed by atoms with E-state index >= 15 is 0 Å². The molecule has 2 heterocycles. The Hall–Kier alpha value is -2.49. The lowest BCUT2D eigenvalue weighted by Crippen LogP contribution is -2.39. The van der Waals surface area contributed by atoms with Crippen LogP contribution in [0.5, 0.6) is 0 Å².